The maximum absolute atomic E-state index is 8.62. The second-order valence-electron chi connectivity index (χ2n) is 3.48. The topological polar surface area (TPSA) is 80.2 Å². The molecule has 0 atom stereocenters. The second kappa shape index (κ2) is 8.03. The highest BCUT2D eigenvalue weighted by molar-refractivity contribution is 6.28. The Morgan fingerprint density at radius 1 is 1.18 bits per heavy atom. The van der Waals surface area contributed by atoms with Crippen LogP contribution < -0.4 is 10.1 Å². The number of aliphatic hydroxyl groups excluding tert-OH is 1. The van der Waals surface area contributed by atoms with Gasteiger partial charge in [0.15, 0.2) is 0 Å². The number of methoxy groups -OCH3 is 1. The maximum atomic E-state index is 8.62. The molecule has 1 heterocycles. The molecule has 0 aromatic carbocycles. The summed E-state index contributed by atoms with van der Waals surface area (Å²) in [5, 5.41) is 11.8. The van der Waals surface area contributed by atoms with E-state index in [1.54, 1.807) is 0 Å². The zero-order valence-electron chi connectivity index (χ0n) is 9.82. The molecule has 1 rings (SSSR count). The fraction of sp³-hybridized carbons (Fsp3) is 0.700. The molecule has 2 N–H and O–H groups in total. The standard InChI is InChI=1S/C10H17ClN4O2/c1-17-10-14-8(11)13-9(15-10)12-6-4-2-3-5-7-16/h16H,2-7H2,1H3,(H,12,13,14,15). The van der Waals surface area contributed by atoms with E-state index >= 15 is 0 Å². The van der Waals surface area contributed by atoms with Gasteiger partial charge in [-0.05, 0) is 24.4 Å². The van der Waals surface area contributed by atoms with Crippen molar-refractivity contribution in [2.24, 2.45) is 0 Å². The zero-order valence-corrected chi connectivity index (χ0v) is 10.6. The number of halogens is 1. The molecule has 0 aliphatic heterocycles. The quantitative estimate of drug-likeness (QED) is 0.690. The Labute approximate surface area is 105 Å². The third-order valence-corrected chi connectivity index (χ3v) is 2.31. The van der Waals surface area contributed by atoms with Gasteiger partial charge < -0.3 is 15.2 Å². The number of nitrogens with one attached hydrogen (secondary N) is 1. The van der Waals surface area contributed by atoms with Crippen molar-refractivity contribution in [2.75, 3.05) is 25.6 Å². The highest BCUT2D eigenvalue weighted by Gasteiger charge is 2.03. The first-order chi connectivity index (χ1) is 8.26. The molecule has 0 aliphatic rings. The Morgan fingerprint density at radius 3 is 2.65 bits per heavy atom. The van der Waals surface area contributed by atoms with Crippen molar-refractivity contribution in [1.82, 2.24) is 15.0 Å². The van der Waals surface area contributed by atoms with E-state index in [1.165, 1.54) is 7.11 Å². The fourth-order valence-corrected chi connectivity index (χ4v) is 1.45. The summed E-state index contributed by atoms with van der Waals surface area (Å²) >= 11 is 5.70. The fourth-order valence-electron chi connectivity index (χ4n) is 1.29. The summed E-state index contributed by atoms with van der Waals surface area (Å²) in [7, 11) is 1.48. The summed E-state index contributed by atoms with van der Waals surface area (Å²) in [4.78, 5) is 11.7. The molecule has 0 bridgehead atoms. The van der Waals surface area contributed by atoms with E-state index in [9.17, 15) is 0 Å². The Balaban J connectivity index is 2.28. The second-order valence-corrected chi connectivity index (χ2v) is 3.82. The number of hydrogen-bond acceptors (Lipinski definition) is 6. The Bertz CT molecular complexity index is 338. The molecule has 0 saturated heterocycles. The Morgan fingerprint density at radius 2 is 1.94 bits per heavy atom. The van der Waals surface area contributed by atoms with Crippen molar-refractivity contribution in [3.8, 4) is 6.01 Å². The number of aromatic nitrogens is 3. The molecular formula is C10H17ClN4O2. The van der Waals surface area contributed by atoms with Crippen LogP contribution >= 0.6 is 11.6 Å². The monoisotopic (exact) mass is 260 g/mol. The van der Waals surface area contributed by atoms with Crippen molar-refractivity contribution in [1.29, 1.82) is 0 Å². The molecule has 0 aliphatic carbocycles. The van der Waals surface area contributed by atoms with Crippen LogP contribution in [0.25, 0.3) is 0 Å². The van der Waals surface area contributed by atoms with E-state index in [0.717, 1.165) is 32.2 Å². The molecule has 7 heteroatoms. The van der Waals surface area contributed by atoms with Gasteiger partial charge in [-0.15, -0.1) is 0 Å². The number of ether oxygens (including phenoxy) is 1. The summed E-state index contributed by atoms with van der Waals surface area (Å²) in [6.07, 6.45) is 3.93. The first-order valence-electron chi connectivity index (χ1n) is 5.56. The summed E-state index contributed by atoms with van der Waals surface area (Å²) in [6.45, 7) is 1.02. The molecular weight excluding hydrogens is 244 g/mol. The molecule has 0 saturated carbocycles. The molecule has 1 aromatic rings. The van der Waals surface area contributed by atoms with Crippen LogP contribution in [0, 0.1) is 0 Å². The van der Waals surface area contributed by atoms with Gasteiger partial charge in [0.1, 0.15) is 0 Å². The average molecular weight is 261 g/mol. The molecule has 0 amide bonds. The number of anilines is 1. The van der Waals surface area contributed by atoms with Gasteiger partial charge in [0.25, 0.3) is 0 Å². The maximum Gasteiger partial charge on any atom is 0.322 e. The number of unbranched alkanes of at least 4 members (excludes halogenated alkanes) is 3. The predicted octanol–water partition coefficient (Wildman–Crippen LogP) is 1.50. The molecule has 0 radical (unpaired) electrons. The minimum absolute atomic E-state index is 0.111. The lowest BCUT2D eigenvalue weighted by Gasteiger charge is -2.05. The van der Waals surface area contributed by atoms with E-state index in [-0.39, 0.29) is 17.9 Å². The largest absolute Gasteiger partial charge is 0.467 e. The molecule has 17 heavy (non-hydrogen) atoms. The predicted molar refractivity (Wildman–Crippen MR) is 65.4 cm³/mol. The van der Waals surface area contributed by atoms with Crippen molar-refractivity contribution in [3.63, 3.8) is 0 Å². The van der Waals surface area contributed by atoms with Crippen molar-refractivity contribution >= 4 is 17.5 Å². The van der Waals surface area contributed by atoms with Crippen LogP contribution in [0.5, 0.6) is 6.01 Å². The van der Waals surface area contributed by atoms with Gasteiger partial charge in [0.05, 0.1) is 7.11 Å². The lowest BCUT2D eigenvalue weighted by molar-refractivity contribution is 0.283. The molecule has 1 aromatic heterocycles. The number of rotatable bonds is 8. The number of aliphatic hydroxyl groups is 1. The van der Waals surface area contributed by atoms with Crippen molar-refractivity contribution in [3.05, 3.63) is 5.28 Å². The molecule has 0 fully saturated rings. The average Bonchev–Trinajstić information content (AvgIpc) is 2.33. The van der Waals surface area contributed by atoms with E-state index in [4.69, 9.17) is 21.4 Å². The minimum atomic E-state index is 0.111. The summed E-state index contributed by atoms with van der Waals surface area (Å²) < 4.78 is 4.88. The van der Waals surface area contributed by atoms with Crippen LogP contribution in [0.2, 0.25) is 5.28 Å². The van der Waals surface area contributed by atoms with E-state index in [1.807, 2.05) is 0 Å². The Hall–Kier alpha value is -1.14. The smallest absolute Gasteiger partial charge is 0.322 e. The first-order valence-corrected chi connectivity index (χ1v) is 5.94. The van der Waals surface area contributed by atoms with Gasteiger partial charge >= 0.3 is 6.01 Å². The number of nitrogens with zero attached hydrogens (tertiary/aromatic N) is 3. The summed E-state index contributed by atoms with van der Waals surface area (Å²) in [5.41, 5.74) is 0. The summed E-state index contributed by atoms with van der Waals surface area (Å²) in [5.74, 6) is 0.420. The van der Waals surface area contributed by atoms with Crippen LogP contribution in [0.4, 0.5) is 5.95 Å². The minimum Gasteiger partial charge on any atom is -0.467 e. The molecule has 0 unspecified atom stereocenters. The van der Waals surface area contributed by atoms with Gasteiger partial charge in [-0.25, -0.2) is 0 Å². The van der Waals surface area contributed by atoms with E-state index < -0.39 is 0 Å². The lowest BCUT2D eigenvalue weighted by atomic mass is 10.2. The zero-order chi connectivity index (χ0) is 12.5. The molecule has 6 nitrogen and oxygen atoms in total. The highest BCUT2D eigenvalue weighted by Crippen LogP contribution is 2.10. The SMILES string of the molecule is COc1nc(Cl)nc(NCCCCCCO)n1. The molecule has 0 spiro atoms. The van der Waals surface area contributed by atoms with E-state index in [0.29, 0.717) is 5.95 Å². The normalized spacial score (nSPS) is 10.3. The van der Waals surface area contributed by atoms with Gasteiger partial charge in [-0.2, -0.15) is 15.0 Å². The van der Waals surface area contributed by atoms with Gasteiger partial charge in [-0.1, -0.05) is 12.8 Å². The lowest BCUT2D eigenvalue weighted by Crippen LogP contribution is -2.07. The Kier molecular flexibility index (Phi) is 6.57. The van der Waals surface area contributed by atoms with Gasteiger partial charge in [0, 0.05) is 13.2 Å². The third-order valence-electron chi connectivity index (χ3n) is 2.14. The first kappa shape index (κ1) is 13.9. The van der Waals surface area contributed by atoms with Gasteiger partial charge in [0.2, 0.25) is 11.2 Å². The van der Waals surface area contributed by atoms with Gasteiger partial charge in [-0.3, -0.25) is 0 Å². The summed E-state index contributed by atoms with van der Waals surface area (Å²) in [6, 6.07) is 0.202. The van der Waals surface area contributed by atoms with Crippen LogP contribution in [-0.4, -0.2) is 40.3 Å². The van der Waals surface area contributed by atoms with Crippen LogP contribution in [0.1, 0.15) is 25.7 Å². The molecule has 96 valence electrons. The van der Waals surface area contributed by atoms with Crippen LogP contribution in [-0.2, 0) is 0 Å². The van der Waals surface area contributed by atoms with Crippen LogP contribution in [0.3, 0.4) is 0 Å². The highest BCUT2D eigenvalue weighted by atomic mass is 35.5. The number of hydrogen-bond donors (Lipinski definition) is 2. The van der Waals surface area contributed by atoms with E-state index in [2.05, 4.69) is 20.3 Å². The van der Waals surface area contributed by atoms with Crippen LogP contribution in [0.15, 0.2) is 0 Å². The third kappa shape index (κ3) is 5.65. The van der Waals surface area contributed by atoms with Crippen molar-refractivity contribution in [2.45, 2.75) is 25.7 Å². The van der Waals surface area contributed by atoms with Crippen molar-refractivity contribution < 1.29 is 9.84 Å².